The largest absolute Gasteiger partial charge is 0.595 e. The number of rotatable bonds is 5. The number of aryl methyl sites for hydroxylation is 1. The van der Waals surface area contributed by atoms with Crippen LogP contribution in [0.5, 0.6) is 0 Å². The summed E-state index contributed by atoms with van der Waals surface area (Å²) in [5.74, 6) is 0. The zero-order valence-corrected chi connectivity index (χ0v) is 14.8. The molecule has 0 fully saturated rings. The van der Waals surface area contributed by atoms with E-state index in [0.29, 0.717) is 5.69 Å². The van der Waals surface area contributed by atoms with E-state index in [-0.39, 0.29) is 16.3 Å². The summed E-state index contributed by atoms with van der Waals surface area (Å²) in [5.41, 5.74) is -0.0813. The van der Waals surface area contributed by atoms with Crippen LogP contribution in [0.3, 0.4) is 0 Å². The van der Waals surface area contributed by atoms with Crippen molar-refractivity contribution >= 4 is 21.2 Å². The Morgan fingerprint density at radius 1 is 0.963 bits per heavy atom. The van der Waals surface area contributed by atoms with Gasteiger partial charge in [-0.1, -0.05) is 18.2 Å². The molecule has 1 heterocycles. The van der Waals surface area contributed by atoms with Crippen LogP contribution in [0.4, 0.5) is 11.4 Å². The van der Waals surface area contributed by atoms with Crippen LogP contribution < -0.4 is 10.5 Å². The van der Waals surface area contributed by atoms with Gasteiger partial charge in [0.1, 0.15) is 5.69 Å². The lowest BCUT2D eigenvalue weighted by molar-refractivity contribution is -0.992. The van der Waals surface area contributed by atoms with E-state index in [9.17, 15) is 24.0 Å². The van der Waals surface area contributed by atoms with Crippen molar-refractivity contribution < 1.29 is 29.3 Å². The lowest BCUT2D eigenvalue weighted by Gasteiger charge is -2.15. The van der Waals surface area contributed by atoms with Crippen molar-refractivity contribution in [3.05, 3.63) is 70.7 Å². The maximum Gasteiger partial charge on any atom is 0.230 e. The zero-order valence-electron chi connectivity index (χ0n) is 14.0. The molecule has 3 rings (SSSR count). The number of nitrogens with one attached hydrogen (secondary N) is 2. The highest BCUT2D eigenvalue weighted by Gasteiger charge is 2.34. The van der Waals surface area contributed by atoms with Gasteiger partial charge in [0.25, 0.3) is 0 Å². The third-order valence-electron chi connectivity index (χ3n) is 3.90. The molecule has 10 nitrogen and oxygen atoms in total. The van der Waals surface area contributed by atoms with Crippen LogP contribution in [0.1, 0.15) is 5.69 Å². The molecule has 2 atom stereocenters. The van der Waals surface area contributed by atoms with E-state index in [0.717, 1.165) is 28.9 Å². The molecule has 1 aromatic heterocycles. The van der Waals surface area contributed by atoms with E-state index >= 15 is 0 Å². The van der Waals surface area contributed by atoms with Crippen LogP contribution in [0, 0.1) is 17.3 Å². The molecule has 11 heteroatoms. The highest BCUT2D eigenvalue weighted by molar-refractivity contribution is 7.91. The van der Waals surface area contributed by atoms with Crippen molar-refractivity contribution in [2.24, 2.45) is 0 Å². The molecule has 0 bridgehead atoms. The minimum Gasteiger partial charge on any atom is -0.595 e. The molecule has 0 aliphatic carbocycles. The molecule has 0 radical (unpaired) electrons. The van der Waals surface area contributed by atoms with E-state index < -0.39 is 31.0 Å². The molecular formula is C16H16N4O6S. The van der Waals surface area contributed by atoms with Gasteiger partial charge >= 0.3 is 0 Å². The molecule has 0 aliphatic heterocycles. The van der Waals surface area contributed by atoms with Gasteiger partial charge in [0.15, 0.2) is 5.69 Å². The summed E-state index contributed by atoms with van der Waals surface area (Å²) >= 11 is 0. The summed E-state index contributed by atoms with van der Waals surface area (Å²) in [6.07, 6.45) is 0. The van der Waals surface area contributed by atoms with Gasteiger partial charge in [0.2, 0.25) is 20.6 Å². The van der Waals surface area contributed by atoms with Crippen LogP contribution in [-0.4, -0.2) is 28.6 Å². The molecule has 0 saturated heterocycles. The molecule has 3 aromatic rings. The molecule has 0 amide bonds. The number of hydrogen-bond donors (Lipinski definition) is 4. The number of benzene rings is 2. The Labute approximate surface area is 154 Å². The van der Waals surface area contributed by atoms with Gasteiger partial charge in [0, 0.05) is 12.1 Å². The first-order valence-electron chi connectivity index (χ1n) is 7.70. The molecular weight excluding hydrogens is 376 g/mol. The Kier molecular flexibility index (Phi) is 5.08. The fraction of sp³-hybridized carbons (Fsp3) is 0.0625. The molecule has 0 spiro atoms. The topological polar surface area (TPSA) is 147 Å². The number of para-hydroxylation sites is 1. The number of nitrogens with zero attached hydrogens (tertiary/aromatic N) is 2. The van der Waals surface area contributed by atoms with Crippen molar-refractivity contribution in [2.45, 2.75) is 16.8 Å². The van der Waals surface area contributed by atoms with Crippen molar-refractivity contribution in [1.29, 1.82) is 0 Å². The predicted molar refractivity (Wildman–Crippen MR) is 91.7 cm³/mol. The third-order valence-corrected chi connectivity index (χ3v) is 5.68. The van der Waals surface area contributed by atoms with Crippen LogP contribution in [0.15, 0.2) is 64.5 Å². The summed E-state index contributed by atoms with van der Waals surface area (Å²) in [5, 5.41) is 42.2. The van der Waals surface area contributed by atoms with E-state index in [2.05, 4.69) is 5.10 Å². The van der Waals surface area contributed by atoms with Crippen molar-refractivity contribution in [3.63, 3.8) is 0 Å². The SMILES string of the molecule is Cc1nn(-c2ccccc2)c(S(=O)(=O)c2ccc([NH+]([O-])O)cc2)c1[NH+]([O-])O. The first-order chi connectivity index (χ1) is 12.7. The van der Waals surface area contributed by atoms with Gasteiger partial charge in [-0.05, 0) is 31.2 Å². The zero-order chi connectivity index (χ0) is 19.8. The molecule has 4 N–H and O–H groups in total. The summed E-state index contributed by atoms with van der Waals surface area (Å²) in [4.78, 5) is -0.230. The molecule has 0 saturated carbocycles. The smallest absolute Gasteiger partial charge is 0.230 e. The van der Waals surface area contributed by atoms with E-state index in [4.69, 9.17) is 5.21 Å². The highest BCUT2D eigenvalue weighted by Crippen LogP contribution is 2.30. The molecule has 2 unspecified atom stereocenters. The Balaban J connectivity index is 2.25. The average molecular weight is 392 g/mol. The van der Waals surface area contributed by atoms with Crippen LogP contribution in [0.2, 0.25) is 0 Å². The number of sulfone groups is 1. The van der Waals surface area contributed by atoms with Gasteiger partial charge in [-0.3, -0.25) is 0 Å². The van der Waals surface area contributed by atoms with Crippen molar-refractivity contribution in [3.8, 4) is 5.69 Å². The monoisotopic (exact) mass is 392 g/mol. The fourth-order valence-electron chi connectivity index (χ4n) is 2.63. The summed E-state index contributed by atoms with van der Waals surface area (Å²) in [6.45, 7) is 1.41. The summed E-state index contributed by atoms with van der Waals surface area (Å²) in [6, 6.07) is 12.8. The van der Waals surface area contributed by atoms with Gasteiger partial charge in [-0.15, -0.1) is 0 Å². The number of hydrogen-bond acceptors (Lipinski definition) is 7. The summed E-state index contributed by atoms with van der Waals surface area (Å²) in [7, 11) is -4.29. The number of aromatic nitrogens is 2. The van der Waals surface area contributed by atoms with Gasteiger partial charge in [-0.25, -0.2) is 23.5 Å². The quantitative estimate of drug-likeness (QED) is 0.440. The van der Waals surface area contributed by atoms with Crippen LogP contribution >= 0.6 is 0 Å². The first kappa shape index (κ1) is 19.1. The normalized spacial score (nSPS) is 14.1. The van der Waals surface area contributed by atoms with E-state index in [1.54, 1.807) is 30.3 Å². The second kappa shape index (κ2) is 7.17. The lowest BCUT2D eigenvalue weighted by Crippen LogP contribution is -2.99. The second-order valence-corrected chi connectivity index (χ2v) is 7.52. The predicted octanol–water partition coefficient (Wildman–Crippen LogP) is -0.180. The third kappa shape index (κ3) is 3.48. The van der Waals surface area contributed by atoms with Crippen molar-refractivity contribution in [1.82, 2.24) is 9.78 Å². The number of quaternary nitrogens is 2. The van der Waals surface area contributed by atoms with Crippen molar-refractivity contribution in [2.75, 3.05) is 0 Å². The average Bonchev–Trinajstić information content (AvgIpc) is 3.01. The minimum absolute atomic E-state index is 0.0482. The Hall–Kier alpha value is -2.64. The Morgan fingerprint density at radius 2 is 1.56 bits per heavy atom. The second-order valence-electron chi connectivity index (χ2n) is 5.65. The lowest BCUT2D eigenvalue weighted by atomic mass is 10.3. The Bertz CT molecular complexity index is 1050. The van der Waals surface area contributed by atoms with Gasteiger partial charge in [-0.2, -0.15) is 15.6 Å². The molecule has 2 aromatic carbocycles. The maximum atomic E-state index is 13.2. The van der Waals surface area contributed by atoms with Crippen LogP contribution in [-0.2, 0) is 9.84 Å². The summed E-state index contributed by atoms with van der Waals surface area (Å²) < 4.78 is 27.4. The van der Waals surface area contributed by atoms with E-state index in [1.165, 1.54) is 6.92 Å². The molecule has 142 valence electrons. The molecule has 0 aliphatic rings. The van der Waals surface area contributed by atoms with Gasteiger partial charge in [0.05, 0.1) is 10.6 Å². The van der Waals surface area contributed by atoms with Crippen LogP contribution in [0.25, 0.3) is 5.69 Å². The minimum atomic E-state index is -4.29. The highest BCUT2D eigenvalue weighted by atomic mass is 32.2. The van der Waals surface area contributed by atoms with E-state index in [1.807, 2.05) is 0 Å². The maximum absolute atomic E-state index is 13.2. The first-order valence-corrected chi connectivity index (χ1v) is 9.18. The standard InChI is InChI=1S/C16H16N4O6S/c1-11-15(20(23)24)16(18(17-11)12-5-3-2-4-6-12)27(25,26)14-9-7-13(8-10-14)19(21)22/h2-10,19-21,23H,1H3. The fourth-order valence-corrected chi connectivity index (χ4v) is 4.23. The van der Waals surface area contributed by atoms with Gasteiger partial charge < -0.3 is 10.4 Å². The Morgan fingerprint density at radius 3 is 2.07 bits per heavy atom. The molecule has 27 heavy (non-hydrogen) atoms.